The molecule has 0 saturated carbocycles. The second kappa shape index (κ2) is 16.3. The minimum Gasteiger partial charge on any atom is -0.493 e. The van der Waals surface area contributed by atoms with Gasteiger partial charge in [-0.3, -0.25) is 9.69 Å². The van der Waals surface area contributed by atoms with Gasteiger partial charge in [-0.05, 0) is 12.1 Å². The average Bonchev–Trinajstić information content (AvgIpc) is 2.73. The molecule has 160 valence electrons. The van der Waals surface area contributed by atoms with Crippen LogP contribution in [0.15, 0.2) is 18.2 Å². The quantitative estimate of drug-likeness (QED) is 0.272. The van der Waals surface area contributed by atoms with Crippen LogP contribution in [-0.2, 0) is 18.9 Å². The Kier molecular flexibility index (Phi) is 14.1. The third-order valence-electron chi connectivity index (χ3n) is 3.98. The van der Waals surface area contributed by atoms with Crippen LogP contribution in [0.25, 0.3) is 0 Å². The first-order chi connectivity index (χ1) is 13.8. The monoisotopic (exact) mass is 399 g/mol. The minimum atomic E-state index is 0.322. The number of rotatable bonds is 18. The number of ether oxygens (including phenoxy) is 6. The zero-order valence-corrected chi connectivity index (χ0v) is 17.2. The van der Waals surface area contributed by atoms with Crippen LogP contribution in [0.5, 0.6) is 11.5 Å². The van der Waals surface area contributed by atoms with Gasteiger partial charge in [0.1, 0.15) is 6.61 Å². The van der Waals surface area contributed by atoms with Gasteiger partial charge in [-0.15, -0.1) is 0 Å². The third-order valence-corrected chi connectivity index (χ3v) is 3.98. The van der Waals surface area contributed by atoms with Gasteiger partial charge in [0.25, 0.3) is 0 Å². The van der Waals surface area contributed by atoms with E-state index in [-0.39, 0.29) is 0 Å². The summed E-state index contributed by atoms with van der Waals surface area (Å²) < 4.78 is 32.2. The molecule has 0 N–H and O–H groups in total. The van der Waals surface area contributed by atoms with Crippen LogP contribution in [0.3, 0.4) is 0 Å². The summed E-state index contributed by atoms with van der Waals surface area (Å²) in [5.41, 5.74) is 0.453. The highest BCUT2D eigenvalue weighted by Gasteiger charge is 2.09. The van der Waals surface area contributed by atoms with Crippen molar-refractivity contribution in [1.29, 1.82) is 0 Å². The van der Waals surface area contributed by atoms with Crippen LogP contribution in [0, 0.1) is 0 Å². The fraction of sp³-hybridized carbons (Fsp3) is 0.650. The number of para-hydroxylation sites is 1. The molecule has 8 heteroatoms. The van der Waals surface area contributed by atoms with E-state index in [9.17, 15) is 4.79 Å². The lowest BCUT2D eigenvalue weighted by Crippen LogP contribution is -2.33. The molecule has 0 atom stereocenters. The van der Waals surface area contributed by atoms with E-state index in [4.69, 9.17) is 28.4 Å². The van der Waals surface area contributed by atoms with E-state index in [2.05, 4.69) is 4.90 Å². The Morgan fingerprint density at radius 2 is 1.43 bits per heavy atom. The molecule has 1 rings (SSSR count). The lowest BCUT2D eigenvalue weighted by Gasteiger charge is -2.21. The normalized spacial score (nSPS) is 11.0. The zero-order chi connectivity index (χ0) is 20.5. The van der Waals surface area contributed by atoms with Gasteiger partial charge in [0.15, 0.2) is 17.8 Å². The average molecular weight is 399 g/mol. The van der Waals surface area contributed by atoms with Crippen LogP contribution in [0.1, 0.15) is 10.4 Å². The Hall–Kier alpha value is -1.71. The van der Waals surface area contributed by atoms with Gasteiger partial charge in [-0.1, -0.05) is 6.07 Å². The maximum Gasteiger partial charge on any atom is 0.171 e. The maximum atomic E-state index is 11.1. The van der Waals surface area contributed by atoms with Crippen molar-refractivity contribution in [3.63, 3.8) is 0 Å². The first-order valence-corrected chi connectivity index (χ1v) is 9.37. The highest BCUT2D eigenvalue weighted by molar-refractivity contribution is 5.81. The Morgan fingerprint density at radius 3 is 2.04 bits per heavy atom. The molecule has 0 fully saturated rings. The SMILES string of the molecule is COCCN(CCOC)CCOCCOCCOc1c(C=O)cccc1OC. The molecule has 1 aromatic carbocycles. The van der Waals surface area contributed by atoms with Gasteiger partial charge >= 0.3 is 0 Å². The summed E-state index contributed by atoms with van der Waals surface area (Å²) in [5, 5.41) is 0. The minimum absolute atomic E-state index is 0.322. The Bertz CT molecular complexity index is 519. The smallest absolute Gasteiger partial charge is 0.171 e. The molecule has 0 saturated heterocycles. The van der Waals surface area contributed by atoms with Gasteiger partial charge in [0.05, 0.1) is 52.3 Å². The van der Waals surface area contributed by atoms with Crippen molar-refractivity contribution in [3.8, 4) is 11.5 Å². The van der Waals surface area contributed by atoms with E-state index in [1.807, 2.05) is 0 Å². The van der Waals surface area contributed by atoms with E-state index in [0.717, 1.165) is 25.9 Å². The molecular formula is C20H33NO7. The van der Waals surface area contributed by atoms with E-state index >= 15 is 0 Å². The summed E-state index contributed by atoms with van der Waals surface area (Å²) in [6, 6.07) is 5.18. The van der Waals surface area contributed by atoms with Crippen molar-refractivity contribution >= 4 is 6.29 Å². The number of nitrogens with zero attached hydrogens (tertiary/aromatic N) is 1. The van der Waals surface area contributed by atoms with E-state index in [1.54, 1.807) is 32.4 Å². The summed E-state index contributed by atoms with van der Waals surface area (Å²) >= 11 is 0. The highest BCUT2D eigenvalue weighted by Crippen LogP contribution is 2.29. The molecule has 1 aromatic rings. The van der Waals surface area contributed by atoms with Gasteiger partial charge in [-0.25, -0.2) is 0 Å². The number of hydrogen-bond donors (Lipinski definition) is 0. The molecule has 0 heterocycles. The van der Waals surface area contributed by atoms with Crippen LogP contribution in [0.4, 0.5) is 0 Å². The summed E-state index contributed by atoms with van der Waals surface area (Å²) in [5.74, 6) is 0.964. The summed E-state index contributed by atoms with van der Waals surface area (Å²) in [7, 11) is 4.93. The summed E-state index contributed by atoms with van der Waals surface area (Å²) in [6.07, 6.45) is 0.745. The second-order valence-corrected chi connectivity index (χ2v) is 5.90. The lowest BCUT2D eigenvalue weighted by atomic mass is 10.2. The molecule has 8 nitrogen and oxygen atoms in total. The standard InChI is InChI=1S/C20H33NO7/c1-23-10-7-21(8-11-24-2)9-12-26-13-14-27-15-16-28-20-18(17-22)5-4-6-19(20)25-3/h4-6,17H,7-16H2,1-3H3. The molecule has 0 aliphatic carbocycles. The molecule has 0 aliphatic heterocycles. The number of carbonyl (C=O) groups is 1. The van der Waals surface area contributed by atoms with Gasteiger partial charge < -0.3 is 28.4 Å². The fourth-order valence-corrected chi connectivity index (χ4v) is 2.44. The van der Waals surface area contributed by atoms with Gasteiger partial charge in [0.2, 0.25) is 0 Å². The summed E-state index contributed by atoms with van der Waals surface area (Å²) in [6.45, 7) is 6.22. The highest BCUT2D eigenvalue weighted by atomic mass is 16.6. The zero-order valence-electron chi connectivity index (χ0n) is 17.2. The van der Waals surface area contributed by atoms with Crippen molar-refractivity contribution in [1.82, 2.24) is 4.90 Å². The van der Waals surface area contributed by atoms with E-state index < -0.39 is 0 Å². The number of hydrogen-bond acceptors (Lipinski definition) is 8. The predicted octanol–water partition coefficient (Wildman–Crippen LogP) is 1.51. The molecule has 0 radical (unpaired) electrons. The van der Waals surface area contributed by atoms with Crippen LogP contribution < -0.4 is 9.47 Å². The first-order valence-electron chi connectivity index (χ1n) is 9.37. The Labute approximate surface area is 167 Å². The van der Waals surface area contributed by atoms with Gasteiger partial charge in [-0.2, -0.15) is 0 Å². The van der Waals surface area contributed by atoms with Crippen molar-refractivity contribution < 1.29 is 33.2 Å². The molecule has 0 bridgehead atoms. The topological polar surface area (TPSA) is 75.7 Å². The Balaban J connectivity index is 2.12. The predicted molar refractivity (Wildman–Crippen MR) is 106 cm³/mol. The number of benzene rings is 1. The van der Waals surface area contributed by atoms with Crippen LogP contribution >= 0.6 is 0 Å². The molecule has 0 aliphatic rings. The first kappa shape index (κ1) is 24.3. The van der Waals surface area contributed by atoms with Crippen LogP contribution in [-0.4, -0.2) is 98.4 Å². The molecule has 0 unspecified atom stereocenters. The molecule has 0 spiro atoms. The maximum absolute atomic E-state index is 11.1. The Morgan fingerprint density at radius 1 is 0.821 bits per heavy atom. The van der Waals surface area contributed by atoms with E-state index in [0.29, 0.717) is 63.3 Å². The number of aldehydes is 1. The molecular weight excluding hydrogens is 366 g/mol. The van der Waals surface area contributed by atoms with Crippen LogP contribution in [0.2, 0.25) is 0 Å². The lowest BCUT2D eigenvalue weighted by molar-refractivity contribution is 0.0242. The molecule has 0 aromatic heterocycles. The third kappa shape index (κ3) is 10.0. The van der Waals surface area contributed by atoms with Crippen molar-refractivity contribution in [3.05, 3.63) is 23.8 Å². The number of methoxy groups -OCH3 is 3. The van der Waals surface area contributed by atoms with Gasteiger partial charge in [0, 0.05) is 33.9 Å². The fourth-order valence-electron chi connectivity index (χ4n) is 2.44. The largest absolute Gasteiger partial charge is 0.493 e. The van der Waals surface area contributed by atoms with Crippen molar-refractivity contribution in [2.45, 2.75) is 0 Å². The number of carbonyl (C=O) groups excluding carboxylic acids is 1. The van der Waals surface area contributed by atoms with Crippen molar-refractivity contribution in [2.24, 2.45) is 0 Å². The molecule has 28 heavy (non-hydrogen) atoms. The second-order valence-electron chi connectivity index (χ2n) is 5.90. The van der Waals surface area contributed by atoms with Crippen molar-refractivity contribution in [2.75, 3.05) is 87.2 Å². The summed E-state index contributed by atoms with van der Waals surface area (Å²) in [4.78, 5) is 13.3. The molecule has 0 amide bonds. The van der Waals surface area contributed by atoms with E-state index in [1.165, 1.54) is 7.11 Å².